The Bertz CT molecular complexity index is 1140. The second-order valence-corrected chi connectivity index (χ2v) is 7.81. The minimum Gasteiger partial charge on any atom is -0.467 e. The molecule has 1 amide bonds. The molecule has 2 heterocycles. The van der Waals surface area contributed by atoms with Crippen LogP contribution in [0.2, 0.25) is 10.0 Å². The molecule has 0 radical (unpaired) electrons. The number of aromatic nitrogens is 2. The van der Waals surface area contributed by atoms with Crippen LogP contribution in [-0.2, 0) is 17.9 Å². The summed E-state index contributed by atoms with van der Waals surface area (Å²) in [6.07, 6.45) is 8.92. The summed E-state index contributed by atoms with van der Waals surface area (Å²) >= 11 is 12.2. The molecule has 0 fully saturated rings. The monoisotopic (exact) mass is 431 g/mol. The van der Waals surface area contributed by atoms with E-state index in [2.05, 4.69) is 11.1 Å². The molecule has 8 heteroatoms. The summed E-state index contributed by atoms with van der Waals surface area (Å²) in [4.78, 5) is 32.0. The van der Waals surface area contributed by atoms with E-state index in [-0.39, 0.29) is 23.4 Å². The van der Waals surface area contributed by atoms with Crippen LogP contribution in [0, 0.1) is 0 Å². The number of furan rings is 1. The highest BCUT2D eigenvalue weighted by molar-refractivity contribution is 6.38. The molecule has 1 aromatic carbocycles. The summed E-state index contributed by atoms with van der Waals surface area (Å²) < 4.78 is 6.72. The number of hydrogen-bond acceptors (Lipinski definition) is 4. The van der Waals surface area contributed by atoms with Crippen LogP contribution in [0.5, 0.6) is 0 Å². The molecule has 0 N–H and O–H groups in total. The average molecular weight is 432 g/mol. The molecular weight excluding hydrogens is 413 g/mol. The Morgan fingerprint density at radius 2 is 2.14 bits per heavy atom. The van der Waals surface area contributed by atoms with Crippen LogP contribution in [0.25, 0.3) is 10.9 Å². The topological polar surface area (TPSA) is 68.3 Å². The number of carbonyl (C=O) groups excluding carboxylic acids is 1. The molecule has 0 saturated carbocycles. The summed E-state index contributed by atoms with van der Waals surface area (Å²) in [5.41, 5.74) is 0.973. The molecule has 2 aromatic heterocycles. The number of carbonyl (C=O) groups is 1. The normalized spacial score (nSPS) is 14.1. The van der Waals surface area contributed by atoms with Crippen LogP contribution in [0.4, 0.5) is 0 Å². The molecule has 6 nitrogen and oxygen atoms in total. The van der Waals surface area contributed by atoms with Crippen molar-refractivity contribution in [3.63, 3.8) is 0 Å². The van der Waals surface area contributed by atoms with Gasteiger partial charge in [0.2, 0.25) is 5.91 Å². The van der Waals surface area contributed by atoms with E-state index in [4.69, 9.17) is 27.6 Å². The summed E-state index contributed by atoms with van der Waals surface area (Å²) in [5, 5.41) is 0.930. The molecule has 1 aliphatic rings. The van der Waals surface area contributed by atoms with Crippen molar-refractivity contribution in [1.82, 2.24) is 14.5 Å². The quantitative estimate of drug-likeness (QED) is 0.582. The van der Waals surface area contributed by atoms with Crippen molar-refractivity contribution >= 4 is 40.0 Å². The van der Waals surface area contributed by atoms with Crippen LogP contribution in [0.3, 0.4) is 0 Å². The molecule has 0 atom stereocenters. The molecule has 0 unspecified atom stereocenters. The van der Waals surface area contributed by atoms with Gasteiger partial charge in [0, 0.05) is 10.7 Å². The smallest absolute Gasteiger partial charge is 0.261 e. The number of hydrogen-bond donors (Lipinski definition) is 0. The third-order valence-electron chi connectivity index (χ3n) is 4.96. The van der Waals surface area contributed by atoms with Gasteiger partial charge in [-0.15, -0.1) is 0 Å². The number of rotatable bonds is 5. The standard InChI is InChI=1S/C21H19Cl2N3O3/c22-14-9-17-20(18(23)10-14)24-13-25(21(17)28)12-19(27)26(11-16-7-4-8-29-16)15-5-2-1-3-6-15/h4-5,7-10,13H,1-3,6,11-12H2. The Labute approximate surface area is 177 Å². The maximum atomic E-state index is 13.2. The van der Waals surface area contributed by atoms with E-state index in [1.165, 1.54) is 23.0 Å². The fourth-order valence-electron chi connectivity index (χ4n) is 3.51. The van der Waals surface area contributed by atoms with Gasteiger partial charge in [-0.05, 0) is 49.9 Å². The molecular formula is C21H19Cl2N3O3. The first-order chi connectivity index (χ1) is 14.0. The van der Waals surface area contributed by atoms with Crippen molar-refractivity contribution < 1.29 is 9.21 Å². The molecule has 150 valence electrons. The SMILES string of the molecule is O=C(Cn1cnc2c(Cl)cc(Cl)cc2c1=O)N(Cc1ccco1)C1=CCCCC1. The molecule has 0 saturated heterocycles. The van der Waals surface area contributed by atoms with Crippen LogP contribution < -0.4 is 5.56 Å². The Morgan fingerprint density at radius 1 is 1.28 bits per heavy atom. The van der Waals surface area contributed by atoms with Gasteiger partial charge in [0.15, 0.2) is 0 Å². The van der Waals surface area contributed by atoms with E-state index in [0.717, 1.165) is 31.4 Å². The average Bonchev–Trinajstić information content (AvgIpc) is 3.22. The third kappa shape index (κ3) is 4.23. The zero-order chi connectivity index (χ0) is 20.4. The van der Waals surface area contributed by atoms with Crippen molar-refractivity contribution in [2.45, 2.75) is 38.8 Å². The predicted octanol–water partition coefficient (Wildman–Crippen LogP) is 4.78. The first-order valence-corrected chi connectivity index (χ1v) is 10.1. The Hall–Kier alpha value is -2.57. The lowest BCUT2D eigenvalue weighted by Crippen LogP contribution is -2.36. The number of allylic oxidation sites excluding steroid dienone is 2. The van der Waals surface area contributed by atoms with Crippen molar-refractivity contribution in [1.29, 1.82) is 0 Å². The molecule has 3 aromatic rings. The van der Waals surface area contributed by atoms with Crippen LogP contribution in [0.1, 0.15) is 31.4 Å². The highest BCUT2D eigenvalue weighted by atomic mass is 35.5. The Kier molecular flexibility index (Phi) is 5.74. The maximum Gasteiger partial charge on any atom is 0.261 e. The van der Waals surface area contributed by atoms with Gasteiger partial charge in [-0.1, -0.05) is 29.3 Å². The third-order valence-corrected chi connectivity index (χ3v) is 5.47. The van der Waals surface area contributed by atoms with Gasteiger partial charge in [0.1, 0.15) is 12.3 Å². The molecule has 0 aliphatic heterocycles. The second kappa shape index (κ2) is 8.43. The number of nitrogens with zero attached hydrogens (tertiary/aromatic N) is 3. The van der Waals surface area contributed by atoms with Crippen molar-refractivity contribution in [2.24, 2.45) is 0 Å². The lowest BCUT2D eigenvalue weighted by molar-refractivity contribution is -0.130. The summed E-state index contributed by atoms with van der Waals surface area (Å²) in [6, 6.07) is 6.67. The highest BCUT2D eigenvalue weighted by Gasteiger charge is 2.22. The maximum absolute atomic E-state index is 13.2. The number of benzene rings is 1. The van der Waals surface area contributed by atoms with Crippen LogP contribution in [0.15, 0.2) is 57.8 Å². The lowest BCUT2D eigenvalue weighted by Gasteiger charge is -2.27. The Morgan fingerprint density at radius 3 is 2.86 bits per heavy atom. The fraction of sp³-hybridized carbons (Fsp3) is 0.286. The van der Waals surface area contributed by atoms with Crippen molar-refractivity contribution in [2.75, 3.05) is 0 Å². The van der Waals surface area contributed by atoms with Gasteiger partial charge in [0.05, 0.1) is 35.1 Å². The number of halogens is 2. The molecule has 4 rings (SSSR count). The largest absolute Gasteiger partial charge is 0.467 e. The van der Waals surface area contributed by atoms with E-state index >= 15 is 0 Å². The first-order valence-electron chi connectivity index (χ1n) is 9.39. The van der Waals surface area contributed by atoms with Gasteiger partial charge in [-0.25, -0.2) is 4.98 Å². The second-order valence-electron chi connectivity index (χ2n) is 6.96. The zero-order valence-electron chi connectivity index (χ0n) is 15.6. The van der Waals surface area contributed by atoms with E-state index < -0.39 is 0 Å². The van der Waals surface area contributed by atoms with Gasteiger partial charge >= 0.3 is 0 Å². The molecule has 29 heavy (non-hydrogen) atoms. The van der Waals surface area contributed by atoms with Gasteiger partial charge in [-0.2, -0.15) is 0 Å². The lowest BCUT2D eigenvalue weighted by atomic mass is 10.0. The van der Waals surface area contributed by atoms with Gasteiger partial charge in [-0.3, -0.25) is 14.2 Å². The van der Waals surface area contributed by atoms with E-state index in [0.29, 0.717) is 27.9 Å². The molecule has 0 spiro atoms. The Balaban J connectivity index is 1.66. The summed E-state index contributed by atoms with van der Waals surface area (Å²) in [7, 11) is 0. The van der Waals surface area contributed by atoms with E-state index in [1.807, 2.05) is 6.07 Å². The van der Waals surface area contributed by atoms with Gasteiger partial charge < -0.3 is 9.32 Å². The highest BCUT2D eigenvalue weighted by Crippen LogP contribution is 2.25. The number of amides is 1. The van der Waals surface area contributed by atoms with Crippen molar-refractivity contribution in [3.05, 3.63) is 74.8 Å². The zero-order valence-corrected chi connectivity index (χ0v) is 17.1. The molecule has 0 bridgehead atoms. The molecule has 1 aliphatic carbocycles. The van der Waals surface area contributed by atoms with Gasteiger partial charge in [0.25, 0.3) is 5.56 Å². The number of fused-ring (bicyclic) bond motifs is 1. The summed E-state index contributed by atoms with van der Waals surface area (Å²) in [6.45, 7) is 0.190. The summed E-state index contributed by atoms with van der Waals surface area (Å²) in [5.74, 6) is 0.485. The van der Waals surface area contributed by atoms with E-state index in [9.17, 15) is 9.59 Å². The van der Waals surface area contributed by atoms with Crippen LogP contribution in [-0.4, -0.2) is 20.4 Å². The minimum absolute atomic E-state index is 0.135. The minimum atomic E-state index is -0.358. The van der Waals surface area contributed by atoms with Crippen LogP contribution >= 0.6 is 23.2 Å². The first kappa shape index (κ1) is 19.7. The van der Waals surface area contributed by atoms with Crippen molar-refractivity contribution in [3.8, 4) is 0 Å². The fourth-order valence-corrected chi connectivity index (χ4v) is 4.06. The van der Waals surface area contributed by atoms with E-state index in [1.54, 1.807) is 17.2 Å². The predicted molar refractivity (Wildman–Crippen MR) is 112 cm³/mol.